The fourth-order valence-corrected chi connectivity index (χ4v) is 2.19. The van der Waals surface area contributed by atoms with Gasteiger partial charge in [-0.25, -0.2) is 4.98 Å². The number of benzene rings is 1. The van der Waals surface area contributed by atoms with E-state index < -0.39 is 6.10 Å². The Morgan fingerprint density at radius 1 is 1.47 bits per heavy atom. The minimum absolute atomic E-state index is 0.546. The van der Waals surface area contributed by atoms with Gasteiger partial charge in [-0.2, -0.15) is 0 Å². The molecule has 1 aromatic carbocycles. The van der Waals surface area contributed by atoms with Crippen LogP contribution in [0.4, 0.5) is 0 Å². The third-order valence-electron chi connectivity index (χ3n) is 2.11. The molecule has 1 N–H and O–H groups in total. The second-order valence-corrected chi connectivity index (χ2v) is 4.42. The molecule has 0 spiro atoms. The van der Waals surface area contributed by atoms with Crippen molar-refractivity contribution >= 4 is 22.9 Å². The largest absolute Gasteiger partial charge is 0.386 e. The van der Waals surface area contributed by atoms with Gasteiger partial charge in [0.25, 0.3) is 0 Å². The Bertz CT molecular complexity index is 430. The van der Waals surface area contributed by atoms with E-state index in [1.54, 1.807) is 5.51 Å². The van der Waals surface area contributed by atoms with Gasteiger partial charge in [-0.15, -0.1) is 11.3 Å². The summed E-state index contributed by atoms with van der Waals surface area (Å²) in [7, 11) is 0. The van der Waals surface area contributed by atoms with Crippen molar-refractivity contribution in [3.05, 3.63) is 51.4 Å². The molecule has 0 saturated heterocycles. The van der Waals surface area contributed by atoms with Gasteiger partial charge in [0.2, 0.25) is 0 Å². The molecule has 2 aromatic rings. The maximum atomic E-state index is 9.85. The molecule has 78 valence electrons. The summed E-state index contributed by atoms with van der Waals surface area (Å²) >= 11 is 7.34. The van der Waals surface area contributed by atoms with Gasteiger partial charge >= 0.3 is 0 Å². The molecular weight excluding hydrogens is 230 g/mol. The van der Waals surface area contributed by atoms with E-state index in [9.17, 15) is 5.11 Å². The lowest BCUT2D eigenvalue weighted by Gasteiger charge is -2.07. The van der Waals surface area contributed by atoms with Crippen molar-refractivity contribution < 1.29 is 5.11 Å². The van der Waals surface area contributed by atoms with Crippen LogP contribution in [0.2, 0.25) is 5.02 Å². The summed E-state index contributed by atoms with van der Waals surface area (Å²) in [6.45, 7) is 0. The third-order valence-corrected chi connectivity index (χ3v) is 2.95. The second-order valence-electron chi connectivity index (χ2n) is 3.26. The SMILES string of the molecule is OC(Cc1cccc(Cl)c1)c1cscn1. The van der Waals surface area contributed by atoms with Crippen LogP contribution in [0.5, 0.6) is 0 Å². The van der Waals surface area contributed by atoms with E-state index in [1.807, 2.05) is 29.6 Å². The van der Waals surface area contributed by atoms with Crippen molar-refractivity contribution in [2.45, 2.75) is 12.5 Å². The highest BCUT2D eigenvalue weighted by Gasteiger charge is 2.10. The van der Waals surface area contributed by atoms with Crippen LogP contribution in [-0.2, 0) is 6.42 Å². The van der Waals surface area contributed by atoms with E-state index in [2.05, 4.69) is 4.98 Å². The molecule has 0 aliphatic rings. The van der Waals surface area contributed by atoms with Crippen LogP contribution in [0.1, 0.15) is 17.4 Å². The highest BCUT2D eigenvalue weighted by atomic mass is 35.5. The summed E-state index contributed by atoms with van der Waals surface area (Å²) in [5, 5.41) is 12.4. The van der Waals surface area contributed by atoms with Gasteiger partial charge < -0.3 is 5.11 Å². The van der Waals surface area contributed by atoms with Gasteiger partial charge in [0.1, 0.15) is 6.10 Å². The lowest BCUT2D eigenvalue weighted by atomic mass is 10.1. The molecule has 2 nitrogen and oxygen atoms in total. The molecule has 0 aliphatic carbocycles. The average molecular weight is 240 g/mol. The van der Waals surface area contributed by atoms with E-state index >= 15 is 0 Å². The molecule has 0 aliphatic heterocycles. The molecular formula is C11H10ClNOS. The molecule has 1 atom stereocenters. The number of aliphatic hydroxyl groups is 1. The quantitative estimate of drug-likeness (QED) is 0.893. The predicted molar refractivity (Wildman–Crippen MR) is 62.2 cm³/mol. The number of halogens is 1. The molecule has 1 unspecified atom stereocenters. The third kappa shape index (κ3) is 2.78. The number of nitrogens with zero attached hydrogens (tertiary/aromatic N) is 1. The van der Waals surface area contributed by atoms with Crippen LogP contribution in [0.3, 0.4) is 0 Å². The van der Waals surface area contributed by atoms with Gasteiger partial charge in [0.05, 0.1) is 11.2 Å². The maximum absolute atomic E-state index is 9.85. The molecule has 2 rings (SSSR count). The molecule has 0 bridgehead atoms. The zero-order valence-electron chi connectivity index (χ0n) is 7.93. The van der Waals surface area contributed by atoms with Crippen molar-refractivity contribution in [3.63, 3.8) is 0 Å². The Hall–Kier alpha value is -0.900. The first kappa shape index (κ1) is 10.6. The molecule has 0 saturated carbocycles. The fourth-order valence-electron chi connectivity index (χ4n) is 1.38. The van der Waals surface area contributed by atoms with Crippen LogP contribution in [0.15, 0.2) is 35.2 Å². The normalized spacial score (nSPS) is 12.7. The Labute approximate surface area is 97.2 Å². The summed E-state index contributed by atoms with van der Waals surface area (Å²) in [6, 6.07) is 7.50. The molecule has 4 heteroatoms. The van der Waals surface area contributed by atoms with Gasteiger partial charge in [-0.3, -0.25) is 0 Å². The van der Waals surface area contributed by atoms with Gasteiger partial charge in [-0.1, -0.05) is 23.7 Å². The first-order valence-corrected chi connectivity index (χ1v) is 5.88. The highest BCUT2D eigenvalue weighted by Crippen LogP contribution is 2.19. The Kier molecular flexibility index (Phi) is 3.36. The summed E-state index contributed by atoms with van der Waals surface area (Å²) < 4.78 is 0. The molecule has 0 radical (unpaired) electrons. The Morgan fingerprint density at radius 3 is 3.00 bits per heavy atom. The van der Waals surface area contributed by atoms with Crippen LogP contribution < -0.4 is 0 Å². The van der Waals surface area contributed by atoms with Crippen molar-refractivity contribution in [1.29, 1.82) is 0 Å². The van der Waals surface area contributed by atoms with Crippen LogP contribution in [0, 0.1) is 0 Å². The molecule has 0 fully saturated rings. The van der Waals surface area contributed by atoms with Crippen LogP contribution in [0.25, 0.3) is 0 Å². The first-order valence-electron chi connectivity index (χ1n) is 4.56. The minimum atomic E-state index is -0.547. The number of thiazole rings is 1. The number of hydrogen-bond donors (Lipinski definition) is 1. The van der Waals surface area contributed by atoms with Crippen molar-refractivity contribution in [3.8, 4) is 0 Å². The summed E-state index contributed by atoms with van der Waals surface area (Å²) in [5.41, 5.74) is 3.46. The minimum Gasteiger partial charge on any atom is -0.386 e. The topological polar surface area (TPSA) is 33.1 Å². The van der Waals surface area contributed by atoms with E-state index in [4.69, 9.17) is 11.6 Å². The van der Waals surface area contributed by atoms with E-state index in [0.717, 1.165) is 11.3 Å². The summed E-state index contributed by atoms with van der Waals surface area (Å²) in [5.74, 6) is 0. The first-order chi connectivity index (χ1) is 7.25. The monoisotopic (exact) mass is 239 g/mol. The highest BCUT2D eigenvalue weighted by molar-refractivity contribution is 7.07. The number of aromatic nitrogens is 1. The lowest BCUT2D eigenvalue weighted by Crippen LogP contribution is -2.01. The van der Waals surface area contributed by atoms with Crippen molar-refractivity contribution in [2.24, 2.45) is 0 Å². The Morgan fingerprint density at radius 2 is 2.33 bits per heavy atom. The number of rotatable bonds is 3. The smallest absolute Gasteiger partial charge is 0.101 e. The van der Waals surface area contributed by atoms with E-state index in [0.29, 0.717) is 11.4 Å². The molecule has 1 aromatic heterocycles. The maximum Gasteiger partial charge on any atom is 0.101 e. The van der Waals surface area contributed by atoms with E-state index in [-0.39, 0.29) is 0 Å². The van der Waals surface area contributed by atoms with Gasteiger partial charge in [0, 0.05) is 16.8 Å². The number of hydrogen-bond acceptors (Lipinski definition) is 3. The lowest BCUT2D eigenvalue weighted by molar-refractivity contribution is 0.174. The standard InChI is InChI=1S/C11H10ClNOS/c12-9-3-1-2-8(4-9)5-11(14)10-6-15-7-13-10/h1-4,6-7,11,14H,5H2. The van der Waals surface area contributed by atoms with Crippen LogP contribution >= 0.6 is 22.9 Å². The van der Waals surface area contributed by atoms with E-state index in [1.165, 1.54) is 11.3 Å². The number of aliphatic hydroxyl groups excluding tert-OH is 1. The molecule has 15 heavy (non-hydrogen) atoms. The zero-order chi connectivity index (χ0) is 10.7. The van der Waals surface area contributed by atoms with Gasteiger partial charge in [-0.05, 0) is 17.7 Å². The molecule has 0 amide bonds. The van der Waals surface area contributed by atoms with Gasteiger partial charge in [0.15, 0.2) is 0 Å². The van der Waals surface area contributed by atoms with Crippen molar-refractivity contribution in [2.75, 3.05) is 0 Å². The summed E-state index contributed by atoms with van der Waals surface area (Å²) in [4.78, 5) is 4.07. The average Bonchev–Trinajstić information content (AvgIpc) is 2.70. The predicted octanol–water partition coefficient (Wildman–Crippen LogP) is 3.07. The second kappa shape index (κ2) is 4.75. The summed E-state index contributed by atoms with van der Waals surface area (Å²) in [6.07, 6.45) is -0.000633. The molecule has 1 heterocycles. The Balaban J connectivity index is 2.09. The zero-order valence-corrected chi connectivity index (χ0v) is 9.50. The van der Waals surface area contributed by atoms with Crippen LogP contribution in [-0.4, -0.2) is 10.1 Å². The van der Waals surface area contributed by atoms with Crippen molar-refractivity contribution in [1.82, 2.24) is 4.98 Å². The fraction of sp³-hybridized carbons (Fsp3) is 0.182.